The minimum atomic E-state index is 0.305. The highest BCUT2D eigenvalue weighted by Gasteiger charge is 2.12. The van der Waals surface area contributed by atoms with Gasteiger partial charge < -0.3 is 5.32 Å². The molecule has 0 unspecified atom stereocenters. The van der Waals surface area contributed by atoms with Gasteiger partial charge in [0.2, 0.25) is 11.9 Å². The van der Waals surface area contributed by atoms with Gasteiger partial charge in [0.05, 0.1) is 11.9 Å². The van der Waals surface area contributed by atoms with E-state index in [-0.39, 0.29) is 0 Å². The lowest BCUT2D eigenvalue weighted by Crippen LogP contribution is -2.11. The molecular formula is C21H19BrN8. The van der Waals surface area contributed by atoms with Crippen LogP contribution in [0.3, 0.4) is 0 Å². The first-order valence-electron chi connectivity index (χ1n) is 9.23. The van der Waals surface area contributed by atoms with Gasteiger partial charge in [-0.15, -0.1) is 0 Å². The van der Waals surface area contributed by atoms with Crippen molar-refractivity contribution in [3.05, 3.63) is 82.1 Å². The maximum atomic E-state index is 4.53. The van der Waals surface area contributed by atoms with Gasteiger partial charge in [-0.25, -0.2) is 10.1 Å². The molecule has 30 heavy (non-hydrogen) atoms. The number of benzene rings is 2. The molecule has 0 atom stereocenters. The number of hydrogen-bond acceptors (Lipinski definition) is 7. The first-order valence-corrected chi connectivity index (χ1v) is 10.0. The Balaban J connectivity index is 1.65. The Morgan fingerprint density at radius 1 is 0.933 bits per heavy atom. The summed E-state index contributed by atoms with van der Waals surface area (Å²) in [5.41, 5.74) is 6.50. The monoisotopic (exact) mass is 462 g/mol. The summed E-state index contributed by atoms with van der Waals surface area (Å²) in [5, 5.41) is 11.9. The maximum Gasteiger partial charge on any atom is 0.257 e. The summed E-state index contributed by atoms with van der Waals surface area (Å²) in [6.07, 6.45) is 1.70. The molecule has 0 aliphatic carbocycles. The van der Waals surface area contributed by atoms with E-state index < -0.39 is 0 Å². The van der Waals surface area contributed by atoms with Crippen LogP contribution in [0, 0.1) is 13.8 Å². The molecule has 150 valence electrons. The first-order chi connectivity index (χ1) is 14.6. The van der Waals surface area contributed by atoms with E-state index in [0.717, 1.165) is 27.1 Å². The Morgan fingerprint density at radius 3 is 2.37 bits per heavy atom. The highest BCUT2D eigenvalue weighted by molar-refractivity contribution is 9.10. The Hall–Kier alpha value is -3.59. The molecule has 9 heteroatoms. The molecule has 0 spiro atoms. The number of anilines is 3. The molecular weight excluding hydrogens is 444 g/mol. The summed E-state index contributed by atoms with van der Waals surface area (Å²) in [6, 6.07) is 19.5. The second kappa shape index (κ2) is 8.83. The largest absolute Gasteiger partial charge is 0.324 e. The number of halogens is 1. The maximum absolute atomic E-state index is 4.53. The van der Waals surface area contributed by atoms with Gasteiger partial charge in [0, 0.05) is 15.9 Å². The van der Waals surface area contributed by atoms with E-state index in [1.165, 1.54) is 0 Å². The molecule has 4 rings (SSSR count). The molecule has 2 aromatic heterocycles. The van der Waals surface area contributed by atoms with Crippen LogP contribution < -0.4 is 10.7 Å². The van der Waals surface area contributed by atoms with E-state index in [1.54, 1.807) is 10.9 Å². The number of nitrogens with zero attached hydrogens (tertiary/aromatic N) is 6. The molecule has 4 aromatic rings. The van der Waals surface area contributed by atoms with Crippen molar-refractivity contribution in [3.8, 4) is 5.95 Å². The van der Waals surface area contributed by atoms with Crippen molar-refractivity contribution >= 4 is 39.7 Å². The zero-order valence-electron chi connectivity index (χ0n) is 16.4. The SMILES string of the molecule is Cc1cc(C)n(-c2nc(NN=Cc3ccccc3)nc(Nc3ccc(Br)cc3)n2)n1. The second-order valence-electron chi connectivity index (χ2n) is 6.53. The van der Waals surface area contributed by atoms with Crippen molar-refractivity contribution in [2.45, 2.75) is 13.8 Å². The highest BCUT2D eigenvalue weighted by atomic mass is 79.9. The fourth-order valence-electron chi connectivity index (χ4n) is 2.76. The third-order valence-electron chi connectivity index (χ3n) is 4.10. The zero-order chi connectivity index (χ0) is 20.9. The number of rotatable bonds is 6. The molecule has 0 saturated heterocycles. The standard InChI is InChI=1S/C21H19BrN8/c1-14-12-15(2)30(29-14)21-26-19(24-18-10-8-17(22)9-11-18)25-20(27-21)28-23-13-16-6-4-3-5-7-16/h3-13H,1-2H3,(H2,24,25,26,27,28). The normalized spacial score (nSPS) is 11.0. The Morgan fingerprint density at radius 2 is 1.67 bits per heavy atom. The predicted octanol–water partition coefficient (Wildman–Crippen LogP) is 4.63. The van der Waals surface area contributed by atoms with E-state index in [1.807, 2.05) is 74.5 Å². The predicted molar refractivity (Wildman–Crippen MR) is 122 cm³/mol. The van der Waals surface area contributed by atoms with Crippen LogP contribution in [0.2, 0.25) is 0 Å². The molecule has 2 aromatic carbocycles. The highest BCUT2D eigenvalue weighted by Crippen LogP contribution is 2.19. The first kappa shape index (κ1) is 19.7. The van der Waals surface area contributed by atoms with Crippen molar-refractivity contribution in [2.24, 2.45) is 5.10 Å². The van der Waals surface area contributed by atoms with Crippen LogP contribution in [0.25, 0.3) is 5.95 Å². The van der Waals surface area contributed by atoms with Crippen LogP contribution in [-0.2, 0) is 0 Å². The minimum Gasteiger partial charge on any atom is -0.324 e. The Labute approximate surface area is 182 Å². The van der Waals surface area contributed by atoms with Gasteiger partial charge in [-0.3, -0.25) is 0 Å². The number of aromatic nitrogens is 5. The smallest absolute Gasteiger partial charge is 0.257 e. The van der Waals surface area contributed by atoms with Crippen LogP contribution in [0.1, 0.15) is 17.0 Å². The summed E-state index contributed by atoms with van der Waals surface area (Å²) >= 11 is 3.44. The second-order valence-corrected chi connectivity index (χ2v) is 7.45. The fourth-order valence-corrected chi connectivity index (χ4v) is 3.03. The van der Waals surface area contributed by atoms with Crippen molar-refractivity contribution in [1.82, 2.24) is 24.7 Å². The van der Waals surface area contributed by atoms with Crippen LogP contribution in [0.4, 0.5) is 17.6 Å². The molecule has 0 fully saturated rings. The minimum absolute atomic E-state index is 0.305. The van der Waals surface area contributed by atoms with Crippen molar-refractivity contribution in [1.29, 1.82) is 0 Å². The topological polar surface area (TPSA) is 92.9 Å². The molecule has 2 heterocycles. The van der Waals surface area contributed by atoms with Gasteiger partial charge in [0.1, 0.15) is 0 Å². The van der Waals surface area contributed by atoms with E-state index in [9.17, 15) is 0 Å². The van der Waals surface area contributed by atoms with Crippen LogP contribution in [-0.4, -0.2) is 30.9 Å². The van der Waals surface area contributed by atoms with Crippen molar-refractivity contribution < 1.29 is 0 Å². The van der Waals surface area contributed by atoms with E-state index in [4.69, 9.17) is 0 Å². The molecule has 0 aliphatic rings. The number of nitrogens with one attached hydrogen (secondary N) is 2. The van der Waals surface area contributed by atoms with Crippen molar-refractivity contribution in [2.75, 3.05) is 10.7 Å². The van der Waals surface area contributed by atoms with Gasteiger partial charge in [0.25, 0.3) is 5.95 Å². The van der Waals surface area contributed by atoms with Crippen molar-refractivity contribution in [3.63, 3.8) is 0 Å². The summed E-state index contributed by atoms with van der Waals surface area (Å²) in [7, 11) is 0. The quantitative estimate of drug-likeness (QED) is 0.320. The Kier molecular flexibility index (Phi) is 5.80. The van der Waals surface area contributed by atoms with Gasteiger partial charge in [0.15, 0.2) is 0 Å². The Bertz CT molecular complexity index is 1170. The van der Waals surface area contributed by atoms with Crippen LogP contribution in [0.15, 0.2) is 70.2 Å². The average molecular weight is 463 g/mol. The summed E-state index contributed by atoms with van der Waals surface area (Å²) < 4.78 is 2.67. The van der Waals surface area contributed by atoms with Gasteiger partial charge in [-0.1, -0.05) is 46.3 Å². The average Bonchev–Trinajstić information content (AvgIpc) is 3.08. The molecule has 0 amide bonds. The molecule has 0 radical (unpaired) electrons. The lowest BCUT2D eigenvalue weighted by Gasteiger charge is -2.09. The molecule has 0 aliphatic heterocycles. The molecule has 8 nitrogen and oxygen atoms in total. The number of hydrazone groups is 1. The van der Waals surface area contributed by atoms with E-state index >= 15 is 0 Å². The van der Waals surface area contributed by atoms with Crippen LogP contribution in [0.5, 0.6) is 0 Å². The van der Waals surface area contributed by atoms with Gasteiger partial charge >= 0.3 is 0 Å². The van der Waals surface area contributed by atoms with E-state index in [2.05, 4.69) is 51.8 Å². The summed E-state index contributed by atoms with van der Waals surface area (Å²) in [4.78, 5) is 13.4. The third-order valence-corrected chi connectivity index (χ3v) is 4.63. The van der Waals surface area contributed by atoms with Gasteiger partial charge in [-0.05, 0) is 49.7 Å². The summed E-state index contributed by atoms with van der Waals surface area (Å²) in [5.74, 6) is 1.08. The van der Waals surface area contributed by atoms with Gasteiger partial charge in [-0.2, -0.15) is 25.2 Å². The lowest BCUT2D eigenvalue weighted by molar-refractivity contribution is 0.767. The van der Waals surface area contributed by atoms with E-state index in [0.29, 0.717) is 17.8 Å². The number of aryl methyl sites for hydroxylation is 2. The zero-order valence-corrected chi connectivity index (χ0v) is 18.0. The lowest BCUT2D eigenvalue weighted by atomic mass is 10.2. The molecule has 0 bridgehead atoms. The summed E-state index contributed by atoms with van der Waals surface area (Å²) in [6.45, 7) is 3.88. The molecule has 2 N–H and O–H groups in total. The number of hydrogen-bond donors (Lipinski definition) is 2. The molecule has 0 saturated carbocycles. The van der Waals surface area contributed by atoms with Crippen LogP contribution >= 0.6 is 15.9 Å². The third kappa shape index (κ3) is 4.87. The fraction of sp³-hybridized carbons (Fsp3) is 0.0952.